The maximum atomic E-state index is 13.5. The standard InChI is InChI=1S/C25H19ClFN3O4S/c26-16-2-6-18(7-3-16)28-23(31)12-20-24(32)30(19-8-4-17(27)5-9-19)25(35)29(20)13-15-1-10-21-22(11-15)34-14-33-21/h1-11,20H,12-14H2,(H,28,31)/t20-/m1/s1. The van der Waals surface area contributed by atoms with Crippen LogP contribution in [0.25, 0.3) is 0 Å². The van der Waals surface area contributed by atoms with Gasteiger partial charge in [0.15, 0.2) is 16.6 Å². The maximum absolute atomic E-state index is 13.5. The first-order chi connectivity index (χ1) is 16.9. The molecule has 1 atom stereocenters. The third kappa shape index (κ3) is 4.78. The second kappa shape index (κ2) is 9.52. The number of rotatable bonds is 6. The number of amides is 2. The lowest BCUT2D eigenvalue weighted by Crippen LogP contribution is -2.37. The van der Waals surface area contributed by atoms with Crippen LogP contribution < -0.4 is 19.7 Å². The van der Waals surface area contributed by atoms with Crippen molar-refractivity contribution < 1.29 is 23.5 Å². The van der Waals surface area contributed by atoms with Gasteiger partial charge < -0.3 is 19.7 Å². The molecule has 0 aliphatic carbocycles. The van der Waals surface area contributed by atoms with Crippen molar-refractivity contribution in [1.82, 2.24) is 4.90 Å². The van der Waals surface area contributed by atoms with Crippen molar-refractivity contribution in [3.8, 4) is 11.5 Å². The number of benzene rings is 3. The van der Waals surface area contributed by atoms with E-state index < -0.39 is 11.9 Å². The van der Waals surface area contributed by atoms with Gasteiger partial charge in [-0.2, -0.15) is 0 Å². The molecule has 0 unspecified atom stereocenters. The molecule has 1 saturated heterocycles. The quantitative estimate of drug-likeness (QED) is 0.482. The second-order valence-electron chi connectivity index (χ2n) is 8.02. The normalized spacial score (nSPS) is 16.7. The molecule has 10 heteroatoms. The number of carbonyl (C=O) groups excluding carboxylic acids is 2. The second-order valence-corrected chi connectivity index (χ2v) is 8.82. The number of nitrogens with zero attached hydrogens (tertiary/aromatic N) is 2. The van der Waals surface area contributed by atoms with Crippen LogP contribution in [-0.4, -0.2) is 34.7 Å². The number of hydrogen-bond acceptors (Lipinski definition) is 5. The number of fused-ring (bicyclic) bond motifs is 1. The summed E-state index contributed by atoms with van der Waals surface area (Å²) in [5.41, 5.74) is 1.82. The number of carbonyl (C=O) groups is 2. The van der Waals surface area contributed by atoms with Gasteiger partial charge in [-0.25, -0.2) is 4.39 Å². The summed E-state index contributed by atoms with van der Waals surface area (Å²) < 4.78 is 24.3. The van der Waals surface area contributed by atoms with Gasteiger partial charge in [-0.15, -0.1) is 0 Å². The Hall–Kier alpha value is -3.69. The van der Waals surface area contributed by atoms with Crippen molar-refractivity contribution in [3.63, 3.8) is 0 Å². The molecule has 3 aromatic carbocycles. The Morgan fingerprint density at radius 2 is 1.77 bits per heavy atom. The first-order valence-corrected chi connectivity index (χ1v) is 11.5. The van der Waals surface area contributed by atoms with E-state index in [4.69, 9.17) is 33.3 Å². The molecule has 0 saturated carbocycles. The fourth-order valence-corrected chi connectivity index (χ4v) is 4.51. The van der Waals surface area contributed by atoms with E-state index in [1.807, 2.05) is 12.1 Å². The van der Waals surface area contributed by atoms with Gasteiger partial charge in [0.1, 0.15) is 11.9 Å². The monoisotopic (exact) mass is 511 g/mol. The van der Waals surface area contributed by atoms with E-state index in [0.717, 1.165) is 5.56 Å². The highest BCUT2D eigenvalue weighted by atomic mass is 35.5. The number of ether oxygens (including phenoxy) is 2. The van der Waals surface area contributed by atoms with Gasteiger partial charge >= 0.3 is 0 Å². The largest absolute Gasteiger partial charge is 0.454 e. The lowest BCUT2D eigenvalue weighted by Gasteiger charge is -2.24. The summed E-state index contributed by atoms with van der Waals surface area (Å²) in [4.78, 5) is 29.4. The molecule has 178 valence electrons. The molecular formula is C25H19ClFN3O4S. The lowest BCUT2D eigenvalue weighted by molar-refractivity contribution is -0.124. The smallest absolute Gasteiger partial charge is 0.256 e. The molecule has 0 bridgehead atoms. The maximum Gasteiger partial charge on any atom is 0.256 e. The van der Waals surface area contributed by atoms with Gasteiger partial charge in [-0.1, -0.05) is 17.7 Å². The number of nitrogens with one attached hydrogen (secondary N) is 1. The summed E-state index contributed by atoms with van der Waals surface area (Å²) >= 11 is 11.6. The van der Waals surface area contributed by atoms with Crippen LogP contribution in [-0.2, 0) is 16.1 Å². The number of anilines is 2. The van der Waals surface area contributed by atoms with E-state index in [-0.39, 0.29) is 36.7 Å². The highest BCUT2D eigenvalue weighted by Crippen LogP contribution is 2.34. The van der Waals surface area contributed by atoms with E-state index in [1.165, 1.54) is 29.2 Å². The number of halogens is 2. The minimum atomic E-state index is -0.856. The van der Waals surface area contributed by atoms with Crippen LogP contribution in [0.3, 0.4) is 0 Å². The summed E-state index contributed by atoms with van der Waals surface area (Å²) in [6.45, 7) is 0.406. The molecule has 2 heterocycles. The van der Waals surface area contributed by atoms with E-state index in [2.05, 4.69) is 5.32 Å². The fourth-order valence-electron chi connectivity index (χ4n) is 4.00. The Labute approximate surface area is 211 Å². The van der Waals surface area contributed by atoms with Crippen LogP contribution in [0.15, 0.2) is 66.7 Å². The zero-order valence-electron chi connectivity index (χ0n) is 18.2. The third-order valence-corrected chi connectivity index (χ3v) is 6.37. The van der Waals surface area contributed by atoms with E-state index in [1.54, 1.807) is 35.2 Å². The highest BCUT2D eigenvalue weighted by Gasteiger charge is 2.44. The van der Waals surface area contributed by atoms with Crippen molar-refractivity contribution in [1.29, 1.82) is 0 Å². The van der Waals surface area contributed by atoms with Gasteiger partial charge in [0.25, 0.3) is 5.91 Å². The first-order valence-electron chi connectivity index (χ1n) is 10.7. The summed E-state index contributed by atoms with van der Waals surface area (Å²) in [6.07, 6.45) is -0.135. The summed E-state index contributed by atoms with van der Waals surface area (Å²) in [7, 11) is 0. The topological polar surface area (TPSA) is 71.1 Å². The predicted molar refractivity (Wildman–Crippen MR) is 133 cm³/mol. The van der Waals surface area contributed by atoms with Crippen LogP contribution in [0.5, 0.6) is 11.5 Å². The highest BCUT2D eigenvalue weighted by molar-refractivity contribution is 7.80. The minimum Gasteiger partial charge on any atom is -0.454 e. The van der Waals surface area contributed by atoms with Gasteiger partial charge in [-0.3, -0.25) is 14.5 Å². The molecule has 2 aliphatic rings. The lowest BCUT2D eigenvalue weighted by atomic mass is 10.1. The van der Waals surface area contributed by atoms with Gasteiger partial charge in [0.2, 0.25) is 12.7 Å². The van der Waals surface area contributed by atoms with E-state index in [9.17, 15) is 14.0 Å². The Balaban J connectivity index is 1.41. The molecule has 0 aromatic heterocycles. The van der Waals surface area contributed by atoms with E-state index in [0.29, 0.717) is 27.9 Å². The van der Waals surface area contributed by atoms with Gasteiger partial charge in [-0.05, 0) is 78.4 Å². The Bertz CT molecular complexity index is 1300. The van der Waals surface area contributed by atoms with Crippen molar-refractivity contribution in [2.45, 2.75) is 19.0 Å². The molecule has 0 radical (unpaired) electrons. The van der Waals surface area contributed by atoms with Gasteiger partial charge in [0.05, 0.1) is 12.1 Å². The molecule has 2 aliphatic heterocycles. The van der Waals surface area contributed by atoms with Crippen molar-refractivity contribution in [3.05, 3.63) is 83.1 Å². The molecule has 1 N–H and O–H groups in total. The summed E-state index contributed by atoms with van der Waals surface area (Å²) in [5.74, 6) is 0.0909. The van der Waals surface area contributed by atoms with Crippen LogP contribution in [0, 0.1) is 5.82 Å². The van der Waals surface area contributed by atoms with Crippen LogP contribution in [0.2, 0.25) is 5.02 Å². The van der Waals surface area contributed by atoms with Crippen LogP contribution in [0.1, 0.15) is 12.0 Å². The zero-order valence-corrected chi connectivity index (χ0v) is 19.8. The molecule has 1 fully saturated rings. The average molecular weight is 512 g/mol. The summed E-state index contributed by atoms with van der Waals surface area (Å²) in [6, 6.07) is 16.8. The van der Waals surface area contributed by atoms with Crippen molar-refractivity contribution in [2.75, 3.05) is 17.0 Å². The van der Waals surface area contributed by atoms with Gasteiger partial charge in [0, 0.05) is 17.3 Å². The number of thiocarbonyl (C=S) groups is 1. The van der Waals surface area contributed by atoms with Crippen LogP contribution in [0.4, 0.5) is 15.8 Å². The molecule has 5 rings (SSSR count). The third-order valence-electron chi connectivity index (χ3n) is 5.70. The fraction of sp³-hybridized carbons (Fsp3) is 0.160. The predicted octanol–water partition coefficient (Wildman–Crippen LogP) is 4.74. The Kier molecular flexibility index (Phi) is 6.27. The van der Waals surface area contributed by atoms with Crippen molar-refractivity contribution in [2.24, 2.45) is 0 Å². The molecule has 7 nitrogen and oxygen atoms in total. The summed E-state index contributed by atoms with van der Waals surface area (Å²) in [5, 5.41) is 3.56. The molecule has 35 heavy (non-hydrogen) atoms. The number of hydrogen-bond donors (Lipinski definition) is 1. The Morgan fingerprint density at radius 1 is 1.06 bits per heavy atom. The SMILES string of the molecule is O=C(C[C@@H]1C(=O)N(c2ccc(F)cc2)C(=S)N1Cc1ccc2c(c1)OCO2)Nc1ccc(Cl)cc1. The molecule has 0 spiro atoms. The first kappa shape index (κ1) is 23.1. The Morgan fingerprint density at radius 3 is 2.51 bits per heavy atom. The molecular weight excluding hydrogens is 493 g/mol. The van der Waals surface area contributed by atoms with E-state index >= 15 is 0 Å². The average Bonchev–Trinajstić information content (AvgIpc) is 3.39. The van der Waals surface area contributed by atoms with Crippen molar-refractivity contribution >= 4 is 52.1 Å². The minimum absolute atomic E-state index is 0.135. The molecule has 3 aromatic rings. The zero-order chi connectivity index (χ0) is 24.5. The molecule has 2 amide bonds. The van der Waals surface area contributed by atoms with Crippen LogP contribution >= 0.6 is 23.8 Å².